The molecule has 2 aromatic carbocycles. The summed E-state index contributed by atoms with van der Waals surface area (Å²) in [5.41, 5.74) is -0.524. The van der Waals surface area contributed by atoms with E-state index >= 15 is 0 Å². The summed E-state index contributed by atoms with van der Waals surface area (Å²) in [6.07, 6.45) is -1.30. The highest BCUT2D eigenvalue weighted by atomic mass is 32.2. The Morgan fingerprint density at radius 3 is 2.22 bits per heavy atom. The molecular weight excluding hydrogens is 326 g/mol. The molecule has 0 fully saturated rings. The first-order chi connectivity index (χ1) is 10.9. The van der Waals surface area contributed by atoms with Crippen LogP contribution >= 0.6 is 0 Å². The zero-order valence-corrected chi connectivity index (χ0v) is 13.0. The monoisotopic (exact) mass is 342 g/mol. The Kier molecular flexibility index (Phi) is 5.68. The lowest BCUT2D eigenvalue weighted by molar-refractivity contribution is 0.125. The van der Waals surface area contributed by atoms with E-state index in [0.717, 1.165) is 18.2 Å². The van der Waals surface area contributed by atoms with Gasteiger partial charge in [0.15, 0.2) is 9.84 Å². The van der Waals surface area contributed by atoms with Crippen molar-refractivity contribution in [1.29, 1.82) is 0 Å². The third-order valence-electron chi connectivity index (χ3n) is 3.06. The zero-order chi connectivity index (χ0) is 16.9. The Hall–Kier alpha value is -1.99. The van der Waals surface area contributed by atoms with Gasteiger partial charge in [0.1, 0.15) is 30.1 Å². The van der Waals surface area contributed by atoms with E-state index < -0.39 is 44.6 Å². The number of aliphatic hydroxyl groups is 1. The summed E-state index contributed by atoms with van der Waals surface area (Å²) in [5.74, 6) is -2.82. The fraction of sp³-hybridized carbons (Fsp3) is 0.250. The molecule has 4 nitrogen and oxygen atoms in total. The molecule has 0 aliphatic carbocycles. The van der Waals surface area contributed by atoms with Crippen LogP contribution in [-0.4, -0.2) is 32.0 Å². The van der Waals surface area contributed by atoms with Crippen molar-refractivity contribution in [2.45, 2.75) is 11.9 Å². The normalized spacial score (nSPS) is 12.8. The number of aliphatic hydroxyl groups excluding tert-OH is 1. The maximum Gasteiger partial charge on any atom is 0.157 e. The van der Waals surface area contributed by atoms with Crippen LogP contribution < -0.4 is 4.74 Å². The molecule has 0 saturated heterocycles. The fourth-order valence-electron chi connectivity index (χ4n) is 2.00. The molecule has 0 aliphatic heterocycles. The summed E-state index contributed by atoms with van der Waals surface area (Å²) >= 11 is 0. The van der Waals surface area contributed by atoms with Gasteiger partial charge in [-0.05, 0) is 24.3 Å². The zero-order valence-electron chi connectivity index (χ0n) is 12.2. The largest absolute Gasteiger partial charge is 0.491 e. The van der Waals surface area contributed by atoms with Gasteiger partial charge in [-0.25, -0.2) is 17.2 Å². The van der Waals surface area contributed by atoms with Gasteiger partial charge in [-0.15, -0.1) is 0 Å². The van der Waals surface area contributed by atoms with Gasteiger partial charge in [0, 0.05) is 5.56 Å². The molecule has 0 saturated carbocycles. The van der Waals surface area contributed by atoms with E-state index in [9.17, 15) is 22.3 Å². The molecule has 23 heavy (non-hydrogen) atoms. The Bertz CT molecular complexity index is 728. The highest BCUT2D eigenvalue weighted by molar-refractivity contribution is 7.90. The van der Waals surface area contributed by atoms with Crippen LogP contribution in [0.3, 0.4) is 0 Å². The molecule has 0 heterocycles. The number of ether oxygens (including phenoxy) is 1. The van der Waals surface area contributed by atoms with E-state index in [1.165, 1.54) is 0 Å². The van der Waals surface area contributed by atoms with Gasteiger partial charge in [-0.1, -0.05) is 24.3 Å². The highest BCUT2D eigenvalue weighted by Crippen LogP contribution is 2.16. The first-order valence-electron chi connectivity index (χ1n) is 6.86. The minimum atomic E-state index is -3.89. The second kappa shape index (κ2) is 7.52. The molecule has 0 bridgehead atoms. The second-order valence-corrected chi connectivity index (χ2v) is 7.14. The number of hydrogen-bond donors (Lipinski definition) is 1. The summed E-state index contributed by atoms with van der Waals surface area (Å²) in [6.45, 7) is -0.233. The Morgan fingerprint density at radius 2 is 1.61 bits per heavy atom. The van der Waals surface area contributed by atoms with Crippen molar-refractivity contribution in [1.82, 2.24) is 0 Å². The van der Waals surface area contributed by atoms with Gasteiger partial charge in [0.2, 0.25) is 0 Å². The van der Waals surface area contributed by atoms with Gasteiger partial charge >= 0.3 is 0 Å². The molecule has 1 unspecified atom stereocenters. The average molecular weight is 342 g/mol. The van der Waals surface area contributed by atoms with E-state index in [4.69, 9.17) is 4.74 Å². The van der Waals surface area contributed by atoms with E-state index in [1.807, 2.05) is 0 Å². The van der Waals surface area contributed by atoms with Crippen molar-refractivity contribution in [2.75, 3.05) is 12.4 Å². The minimum absolute atomic E-state index is 0.233. The van der Waals surface area contributed by atoms with Crippen molar-refractivity contribution >= 4 is 9.84 Å². The van der Waals surface area contributed by atoms with E-state index in [1.54, 1.807) is 30.3 Å². The Morgan fingerprint density at radius 1 is 1.00 bits per heavy atom. The first-order valence-corrected chi connectivity index (χ1v) is 8.69. The van der Waals surface area contributed by atoms with Crippen LogP contribution in [0.4, 0.5) is 8.78 Å². The van der Waals surface area contributed by atoms with E-state index in [2.05, 4.69) is 0 Å². The number of hydrogen-bond acceptors (Lipinski definition) is 4. The lowest BCUT2D eigenvalue weighted by Crippen LogP contribution is -2.28. The predicted molar refractivity (Wildman–Crippen MR) is 81.8 cm³/mol. The molecule has 2 aromatic rings. The quantitative estimate of drug-likeness (QED) is 0.839. The summed E-state index contributed by atoms with van der Waals surface area (Å²) in [5, 5.41) is 9.77. The summed E-state index contributed by atoms with van der Waals surface area (Å²) in [7, 11) is -3.89. The number of rotatable bonds is 7. The van der Waals surface area contributed by atoms with Gasteiger partial charge in [-0.3, -0.25) is 0 Å². The van der Waals surface area contributed by atoms with Gasteiger partial charge in [0.05, 0.1) is 11.5 Å². The number of para-hydroxylation sites is 1. The van der Waals surface area contributed by atoms with E-state index in [0.29, 0.717) is 5.75 Å². The van der Waals surface area contributed by atoms with Crippen LogP contribution in [0.5, 0.6) is 5.75 Å². The minimum Gasteiger partial charge on any atom is -0.491 e. The average Bonchev–Trinajstić information content (AvgIpc) is 2.50. The first kappa shape index (κ1) is 17.4. The van der Waals surface area contributed by atoms with Crippen molar-refractivity contribution in [2.24, 2.45) is 0 Å². The van der Waals surface area contributed by atoms with Crippen LogP contribution in [0.15, 0.2) is 48.5 Å². The van der Waals surface area contributed by atoms with Crippen LogP contribution in [-0.2, 0) is 15.6 Å². The molecular formula is C16H16F2O4S. The Labute approximate surface area is 133 Å². The van der Waals surface area contributed by atoms with Crippen LogP contribution in [0.25, 0.3) is 0 Å². The van der Waals surface area contributed by atoms with E-state index in [-0.39, 0.29) is 6.61 Å². The van der Waals surface area contributed by atoms with Crippen LogP contribution in [0.1, 0.15) is 5.56 Å². The summed E-state index contributed by atoms with van der Waals surface area (Å²) in [4.78, 5) is 0. The molecule has 0 spiro atoms. The Balaban J connectivity index is 1.95. The highest BCUT2D eigenvalue weighted by Gasteiger charge is 2.22. The molecule has 0 radical (unpaired) electrons. The maximum atomic E-state index is 13.5. The fourth-order valence-corrected chi connectivity index (χ4v) is 3.52. The predicted octanol–water partition coefficient (Wildman–Crippen LogP) is 2.32. The number of benzene rings is 2. The molecule has 0 aliphatic rings. The van der Waals surface area contributed by atoms with Crippen molar-refractivity contribution in [3.8, 4) is 5.75 Å². The number of halogens is 2. The lowest BCUT2D eigenvalue weighted by Gasteiger charge is -2.13. The molecule has 7 heteroatoms. The third-order valence-corrected chi connectivity index (χ3v) is 4.68. The van der Waals surface area contributed by atoms with Gasteiger partial charge < -0.3 is 9.84 Å². The third kappa shape index (κ3) is 5.30. The van der Waals surface area contributed by atoms with Gasteiger partial charge in [0.25, 0.3) is 0 Å². The SMILES string of the molecule is O=S(=O)(Cc1c(F)cccc1F)CC(O)COc1ccccc1. The summed E-state index contributed by atoms with van der Waals surface area (Å²) < 4.78 is 56.2. The van der Waals surface area contributed by atoms with Crippen LogP contribution in [0, 0.1) is 11.6 Å². The van der Waals surface area contributed by atoms with Crippen molar-refractivity contribution in [3.05, 3.63) is 65.7 Å². The number of sulfone groups is 1. The molecule has 0 amide bonds. The standard InChI is InChI=1S/C16H16F2O4S/c17-15-7-4-8-16(18)14(15)11-23(20,21)10-12(19)9-22-13-5-2-1-3-6-13/h1-8,12,19H,9-11H2. The second-order valence-electron chi connectivity index (χ2n) is 5.03. The molecule has 2 rings (SSSR count). The molecule has 1 N–H and O–H groups in total. The van der Waals surface area contributed by atoms with Gasteiger partial charge in [-0.2, -0.15) is 0 Å². The summed E-state index contributed by atoms with van der Waals surface area (Å²) in [6, 6.07) is 11.7. The molecule has 0 aromatic heterocycles. The maximum absolute atomic E-state index is 13.5. The topological polar surface area (TPSA) is 63.6 Å². The van der Waals surface area contributed by atoms with Crippen molar-refractivity contribution in [3.63, 3.8) is 0 Å². The lowest BCUT2D eigenvalue weighted by atomic mass is 10.2. The van der Waals surface area contributed by atoms with Crippen molar-refractivity contribution < 1.29 is 27.0 Å². The smallest absolute Gasteiger partial charge is 0.157 e. The molecule has 124 valence electrons. The van der Waals surface area contributed by atoms with Crippen LogP contribution in [0.2, 0.25) is 0 Å². The molecule has 1 atom stereocenters.